The van der Waals surface area contributed by atoms with Crippen molar-refractivity contribution in [3.05, 3.63) is 51.2 Å². The Morgan fingerprint density at radius 2 is 2.05 bits per heavy atom. The lowest BCUT2D eigenvalue weighted by Gasteiger charge is -2.14. The Labute approximate surface area is 127 Å². The van der Waals surface area contributed by atoms with Crippen LogP contribution in [0.3, 0.4) is 0 Å². The molecule has 0 spiro atoms. The number of carbonyl (C=O) groups is 1. The molecule has 1 aromatic heterocycles. The van der Waals surface area contributed by atoms with E-state index in [4.69, 9.17) is 17.3 Å². The van der Waals surface area contributed by atoms with Crippen LogP contribution in [-0.4, -0.2) is 5.91 Å². The van der Waals surface area contributed by atoms with E-state index in [9.17, 15) is 18.0 Å². The maximum absolute atomic E-state index is 12.6. The first kappa shape index (κ1) is 15.8. The third-order valence-corrected chi connectivity index (χ3v) is 3.97. The minimum Gasteiger partial charge on any atom is -0.323 e. The Bertz CT molecular complexity index is 643. The van der Waals surface area contributed by atoms with Gasteiger partial charge in [-0.05, 0) is 29.6 Å². The molecule has 0 aliphatic heterocycles. The van der Waals surface area contributed by atoms with Gasteiger partial charge in [0.05, 0.1) is 16.3 Å². The highest BCUT2D eigenvalue weighted by atomic mass is 35.5. The zero-order valence-electron chi connectivity index (χ0n) is 10.4. The van der Waals surface area contributed by atoms with Gasteiger partial charge >= 0.3 is 6.18 Å². The van der Waals surface area contributed by atoms with Crippen molar-refractivity contribution in [3.63, 3.8) is 0 Å². The highest BCUT2D eigenvalue weighted by Gasteiger charge is 2.31. The molecule has 1 heterocycles. The van der Waals surface area contributed by atoms with E-state index in [1.54, 1.807) is 17.5 Å². The van der Waals surface area contributed by atoms with Crippen molar-refractivity contribution in [2.45, 2.75) is 12.2 Å². The molecule has 8 heteroatoms. The van der Waals surface area contributed by atoms with Gasteiger partial charge in [-0.2, -0.15) is 13.2 Å². The summed E-state index contributed by atoms with van der Waals surface area (Å²) in [6.45, 7) is 0. The van der Waals surface area contributed by atoms with Crippen molar-refractivity contribution in [2.24, 2.45) is 5.73 Å². The van der Waals surface area contributed by atoms with E-state index in [-0.39, 0.29) is 10.7 Å². The number of thiophene rings is 1. The van der Waals surface area contributed by atoms with Crippen LogP contribution in [0, 0.1) is 0 Å². The van der Waals surface area contributed by atoms with E-state index in [1.807, 2.05) is 0 Å². The van der Waals surface area contributed by atoms with Gasteiger partial charge in [-0.3, -0.25) is 4.79 Å². The van der Waals surface area contributed by atoms with Gasteiger partial charge in [0, 0.05) is 4.88 Å². The second-order valence-corrected chi connectivity index (χ2v) is 5.56. The van der Waals surface area contributed by atoms with Gasteiger partial charge in [-0.25, -0.2) is 0 Å². The molecular weight excluding hydrogens is 325 g/mol. The number of anilines is 1. The van der Waals surface area contributed by atoms with E-state index in [1.165, 1.54) is 11.3 Å². The normalized spacial score (nSPS) is 13.0. The van der Waals surface area contributed by atoms with Crippen LogP contribution in [0.15, 0.2) is 35.7 Å². The van der Waals surface area contributed by atoms with Crippen molar-refractivity contribution in [1.82, 2.24) is 0 Å². The molecule has 112 valence electrons. The van der Waals surface area contributed by atoms with Crippen LogP contribution in [0.1, 0.15) is 16.5 Å². The van der Waals surface area contributed by atoms with Crippen LogP contribution in [0.25, 0.3) is 0 Å². The predicted molar refractivity (Wildman–Crippen MR) is 76.3 cm³/mol. The van der Waals surface area contributed by atoms with Crippen LogP contribution in [0.4, 0.5) is 18.9 Å². The molecule has 1 amide bonds. The quantitative estimate of drug-likeness (QED) is 0.889. The van der Waals surface area contributed by atoms with Crippen LogP contribution in [0.2, 0.25) is 5.02 Å². The lowest BCUT2D eigenvalue weighted by molar-refractivity contribution is -0.137. The van der Waals surface area contributed by atoms with Crippen molar-refractivity contribution in [1.29, 1.82) is 0 Å². The van der Waals surface area contributed by atoms with E-state index in [0.717, 1.165) is 18.2 Å². The summed E-state index contributed by atoms with van der Waals surface area (Å²) in [6, 6.07) is 5.14. The number of nitrogens with two attached hydrogens (primary N) is 1. The minimum absolute atomic E-state index is 0.00901. The predicted octanol–water partition coefficient (Wildman–Crippen LogP) is 4.06. The number of nitrogens with one attached hydrogen (secondary N) is 1. The van der Waals surface area contributed by atoms with E-state index >= 15 is 0 Å². The Hall–Kier alpha value is -1.57. The third-order valence-electron chi connectivity index (χ3n) is 2.68. The number of halogens is 4. The molecule has 3 nitrogen and oxygen atoms in total. The van der Waals surface area contributed by atoms with E-state index in [2.05, 4.69) is 5.32 Å². The summed E-state index contributed by atoms with van der Waals surface area (Å²) in [7, 11) is 0. The van der Waals surface area contributed by atoms with Crippen molar-refractivity contribution >= 4 is 34.5 Å². The first-order valence-corrected chi connectivity index (χ1v) is 7.01. The van der Waals surface area contributed by atoms with Crippen molar-refractivity contribution in [2.75, 3.05) is 5.32 Å². The molecule has 2 rings (SSSR count). The number of amides is 1. The smallest absolute Gasteiger partial charge is 0.323 e. The fourth-order valence-electron chi connectivity index (χ4n) is 1.61. The van der Waals surface area contributed by atoms with E-state index in [0.29, 0.717) is 4.88 Å². The second kappa shape index (κ2) is 6.05. The monoisotopic (exact) mass is 334 g/mol. The van der Waals surface area contributed by atoms with Crippen LogP contribution in [0.5, 0.6) is 0 Å². The second-order valence-electron chi connectivity index (χ2n) is 4.17. The Morgan fingerprint density at radius 1 is 1.33 bits per heavy atom. The molecule has 0 saturated heterocycles. The summed E-state index contributed by atoms with van der Waals surface area (Å²) in [6.07, 6.45) is -4.51. The molecule has 0 fully saturated rings. The minimum atomic E-state index is -4.51. The maximum atomic E-state index is 12.6. The maximum Gasteiger partial charge on any atom is 0.416 e. The molecule has 3 N–H and O–H groups in total. The van der Waals surface area contributed by atoms with Crippen LogP contribution in [-0.2, 0) is 11.0 Å². The number of carbonyl (C=O) groups excluding carboxylic acids is 1. The first-order chi connectivity index (χ1) is 9.79. The number of benzene rings is 1. The SMILES string of the molecule is NC(C(=O)Nc1cc(C(F)(F)F)ccc1Cl)c1cccs1. The zero-order chi connectivity index (χ0) is 15.6. The number of rotatable bonds is 3. The molecule has 0 aliphatic carbocycles. The molecule has 1 aromatic carbocycles. The highest BCUT2D eigenvalue weighted by molar-refractivity contribution is 7.10. The van der Waals surface area contributed by atoms with Gasteiger partial charge < -0.3 is 11.1 Å². The van der Waals surface area contributed by atoms with Crippen LogP contribution < -0.4 is 11.1 Å². The Morgan fingerprint density at radius 3 is 2.62 bits per heavy atom. The number of hydrogen-bond acceptors (Lipinski definition) is 3. The molecule has 0 saturated carbocycles. The molecule has 0 bridgehead atoms. The van der Waals surface area contributed by atoms with Crippen molar-refractivity contribution in [3.8, 4) is 0 Å². The van der Waals surface area contributed by atoms with Gasteiger partial charge in [0.2, 0.25) is 5.91 Å². The molecular formula is C13H10ClF3N2OS. The van der Waals surface area contributed by atoms with Crippen LogP contribution >= 0.6 is 22.9 Å². The van der Waals surface area contributed by atoms with Gasteiger partial charge in [0.15, 0.2) is 0 Å². The molecule has 0 aliphatic rings. The summed E-state index contributed by atoms with van der Waals surface area (Å²) < 4.78 is 37.9. The standard InChI is InChI=1S/C13H10ClF3N2OS/c14-8-4-3-7(13(15,16)17)6-9(8)19-12(20)11(18)10-2-1-5-21-10/h1-6,11H,18H2,(H,19,20). The molecule has 1 unspecified atom stereocenters. The topological polar surface area (TPSA) is 55.1 Å². The third kappa shape index (κ3) is 3.75. The largest absolute Gasteiger partial charge is 0.416 e. The Balaban J connectivity index is 2.21. The fraction of sp³-hybridized carbons (Fsp3) is 0.154. The van der Waals surface area contributed by atoms with Crippen molar-refractivity contribution < 1.29 is 18.0 Å². The van der Waals surface area contributed by atoms with Gasteiger partial charge in [0.25, 0.3) is 0 Å². The number of alkyl halides is 3. The number of hydrogen-bond donors (Lipinski definition) is 2. The fourth-order valence-corrected chi connectivity index (χ4v) is 2.50. The highest BCUT2D eigenvalue weighted by Crippen LogP contribution is 2.34. The summed E-state index contributed by atoms with van der Waals surface area (Å²) in [5.74, 6) is -0.626. The van der Waals surface area contributed by atoms with Gasteiger partial charge in [-0.15, -0.1) is 11.3 Å². The average Bonchev–Trinajstić information content (AvgIpc) is 2.92. The Kier molecular flexibility index (Phi) is 4.55. The molecule has 0 radical (unpaired) electrons. The average molecular weight is 335 g/mol. The first-order valence-electron chi connectivity index (χ1n) is 5.75. The van der Waals surface area contributed by atoms with E-state index < -0.39 is 23.7 Å². The molecule has 1 atom stereocenters. The summed E-state index contributed by atoms with van der Waals surface area (Å²) in [4.78, 5) is 12.6. The summed E-state index contributed by atoms with van der Waals surface area (Å²) >= 11 is 7.08. The lowest BCUT2D eigenvalue weighted by atomic mass is 10.1. The molecule has 2 aromatic rings. The summed E-state index contributed by atoms with van der Waals surface area (Å²) in [5.41, 5.74) is 4.72. The summed E-state index contributed by atoms with van der Waals surface area (Å²) in [5, 5.41) is 4.08. The molecule has 21 heavy (non-hydrogen) atoms. The lowest BCUT2D eigenvalue weighted by Crippen LogP contribution is -2.27. The van der Waals surface area contributed by atoms with Gasteiger partial charge in [-0.1, -0.05) is 17.7 Å². The van der Waals surface area contributed by atoms with Gasteiger partial charge in [0.1, 0.15) is 6.04 Å². The zero-order valence-corrected chi connectivity index (χ0v) is 12.0.